The number of halogens is 3. The zero-order chi connectivity index (χ0) is 20.2. The lowest BCUT2D eigenvalue weighted by molar-refractivity contribution is -0.142. The van der Waals surface area contributed by atoms with Crippen LogP contribution in [0.1, 0.15) is 22.5 Å². The van der Waals surface area contributed by atoms with Gasteiger partial charge in [0.05, 0.1) is 11.3 Å². The standard InChI is InChI=1S/C18H18F3N3O3/c1-11-15(12(2)24(3)23-11)8-9-17(26)27-10-16(25)22-14-6-4-13(5-7-14)18(19,20)21/h4-9H,10H2,1-3H3,(H,22,25)/b9-8+. The number of aryl methyl sites for hydroxylation is 2. The van der Waals surface area contributed by atoms with Crippen molar-refractivity contribution in [3.8, 4) is 0 Å². The van der Waals surface area contributed by atoms with Crippen LogP contribution in [-0.2, 0) is 27.5 Å². The summed E-state index contributed by atoms with van der Waals surface area (Å²) >= 11 is 0. The summed E-state index contributed by atoms with van der Waals surface area (Å²) in [6.45, 7) is 3.09. The molecule has 0 spiro atoms. The third-order valence-corrected chi connectivity index (χ3v) is 3.79. The third kappa shape index (κ3) is 5.44. The lowest BCUT2D eigenvalue weighted by Gasteiger charge is -2.08. The molecule has 0 saturated carbocycles. The molecule has 0 unspecified atom stereocenters. The number of esters is 1. The molecule has 1 N–H and O–H groups in total. The summed E-state index contributed by atoms with van der Waals surface area (Å²) in [6, 6.07) is 3.94. The van der Waals surface area contributed by atoms with Gasteiger partial charge in [-0.3, -0.25) is 9.48 Å². The third-order valence-electron chi connectivity index (χ3n) is 3.79. The van der Waals surface area contributed by atoms with Crippen LogP contribution in [0.5, 0.6) is 0 Å². The van der Waals surface area contributed by atoms with Crippen molar-refractivity contribution in [1.82, 2.24) is 9.78 Å². The van der Waals surface area contributed by atoms with Gasteiger partial charge in [-0.15, -0.1) is 0 Å². The largest absolute Gasteiger partial charge is 0.452 e. The van der Waals surface area contributed by atoms with Gasteiger partial charge < -0.3 is 10.1 Å². The van der Waals surface area contributed by atoms with Gasteiger partial charge in [0.1, 0.15) is 0 Å². The molecule has 1 aromatic carbocycles. The molecule has 1 amide bonds. The SMILES string of the molecule is Cc1nn(C)c(C)c1/C=C/C(=O)OCC(=O)Nc1ccc(C(F)(F)F)cc1. The van der Waals surface area contributed by atoms with Crippen LogP contribution < -0.4 is 5.32 Å². The molecule has 0 aliphatic carbocycles. The number of hydrogen-bond donors (Lipinski definition) is 1. The van der Waals surface area contributed by atoms with Crippen LogP contribution >= 0.6 is 0 Å². The smallest absolute Gasteiger partial charge is 0.416 e. The predicted molar refractivity (Wildman–Crippen MR) is 92.7 cm³/mol. The van der Waals surface area contributed by atoms with E-state index in [2.05, 4.69) is 10.4 Å². The second-order valence-electron chi connectivity index (χ2n) is 5.77. The number of rotatable bonds is 5. The van der Waals surface area contributed by atoms with Gasteiger partial charge in [-0.1, -0.05) is 0 Å². The number of ether oxygens (including phenoxy) is 1. The Morgan fingerprint density at radius 3 is 2.37 bits per heavy atom. The molecule has 0 saturated heterocycles. The number of nitrogens with zero attached hydrogens (tertiary/aromatic N) is 2. The molecule has 0 fully saturated rings. The van der Waals surface area contributed by atoms with E-state index in [1.54, 1.807) is 24.7 Å². The molecular formula is C18H18F3N3O3. The van der Waals surface area contributed by atoms with E-state index < -0.39 is 30.2 Å². The lowest BCUT2D eigenvalue weighted by Crippen LogP contribution is -2.20. The average molecular weight is 381 g/mol. The van der Waals surface area contributed by atoms with Gasteiger partial charge in [0.2, 0.25) is 0 Å². The zero-order valence-electron chi connectivity index (χ0n) is 14.9. The Kier molecular flexibility index (Phi) is 6.04. The van der Waals surface area contributed by atoms with Crippen LogP contribution in [-0.4, -0.2) is 28.3 Å². The van der Waals surface area contributed by atoms with Crippen LogP contribution in [0.2, 0.25) is 0 Å². The highest BCUT2D eigenvalue weighted by Gasteiger charge is 2.29. The van der Waals surface area contributed by atoms with Crippen molar-refractivity contribution in [3.63, 3.8) is 0 Å². The molecule has 2 rings (SSSR count). The number of amides is 1. The fourth-order valence-electron chi connectivity index (χ4n) is 2.31. The topological polar surface area (TPSA) is 73.2 Å². The minimum Gasteiger partial charge on any atom is -0.452 e. The Morgan fingerprint density at radius 2 is 1.85 bits per heavy atom. The fraction of sp³-hybridized carbons (Fsp3) is 0.278. The zero-order valence-corrected chi connectivity index (χ0v) is 14.9. The van der Waals surface area contributed by atoms with E-state index in [-0.39, 0.29) is 5.69 Å². The summed E-state index contributed by atoms with van der Waals surface area (Å²) in [6.07, 6.45) is -1.72. The number of carbonyl (C=O) groups excluding carboxylic acids is 2. The number of nitrogens with one attached hydrogen (secondary N) is 1. The van der Waals surface area contributed by atoms with E-state index in [1.165, 1.54) is 6.08 Å². The Bertz CT molecular complexity index is 868. The molecule has 0 atom stereocenters. The number of alkyl halides is 3. The quantitative estimate of drug-likeness (QED) is 0.637. The van der Waals surface area contributed by atoms with Crippen molar-refractivity contribution < 1.29 is 27.5 Å². The van der Waals surface area contributed by atoms with Gasteiger partial charge in [-0.25, -0.2) is 4.79 Å². The molecule has 0 bridgehead atoms. The van der Waals surface area contributed by atoms with Gasteiger partial charge in [-0.2, -0.15) is 18.3 Å². The second-order valence-corrected chi connectivity index (χ2v) is 5.77. The molecule has 0 radical (unpaired) electrons. The molecule has 1 aromatic heterocycles. The van der Waals surface area contributed by atoms with E-state index in [1.807, 2.05) is 6.92 Å². The molecule has 0 aliphatic heterocycles. The first-order chi connectivity index (χ1) is 12.6. The van der Waals surface area contributed by atoms with Gasteiger partial charge in [-0.05, 0) is 44.2 Å². The molecular weight excluding hydrogens is 363 g/mol. The van der Waals surface area contributed by atoms with E-state index in [0.29, 0.717) is 0 Å². The Morgan fingerprint density at radius 1 is 1.22 bits per heavy atom. The Hall–Kier alpha value is -3.10. The van der Waals surface area contributed by atoms with Crippen LogP contribution in [0.25, 0.3) is 6.08 Å². The van der Waals surface area contributed by atoms with Crippen molar-refractivity contribution in [2.75, 3.05) is 11.9 Å². The van der Waals surface area contributed by atoms with Crippen LogP contribution in [0.3, 0.4) is 0 Å². The van der Waals surface area contributed by atoms with Crippen molar-refractivity contribution in [1.29, 1.82) is 0 Å². The molecule has 2 aromatic rings. The van der Waals surface area contributed by atoms with Gasteiger partial charge in [0.15, 0.2) is 6.61 Å². The average Bonchev–Trinajstić information content (AvgIpc) is 2.83. The van der Waals surface area contributed by atoms with E-state index >= 15 is 0 Å². The highest BCUT2D eigenvalue weighted by molar-refractivity contribution is 5.94. The van der Waals surface area contributed by atoms with Gasteiger partial charge in [0.25, 0.3) is 5.91 Å². The Balaban J connectivity index is 1.86. The van der Waals surface area contributed by atoms with Crippen molar-refractivity contribution >= 4 is 23.6 Å². The van der Waals surface area contributed by atoms with Crippen LogP contribution in [0, 0.1) is 13.8 Å². The molecule has 0 aliphatic rings. The first-order valence-corrected chi connectivity index (χ1v) is 7.90. The maximum atomic E-state index is 12.5. The Labute approximate surface area is 153 Å². The number of aromatic nitrogens is 2. The molecule has 1 heterocycles. The second kappa shape index (κ2) is 8.07. The molecule has 27 heavy (non-hydrogen) atoms. The lowest BCUT2D eigenvalue weighted by atomic mass is 10.2. The monoisotopic (exact) mass is 381 g/mol. The summed E-state index contributed by atoms with van der Waals surface area (Å²) in [7, 11) is 1.78. The van der Waals surface area contributed by atoms with Crippen molar-refractivity contribution in [2.45, 2.75) is 20.0 Å². The van der Waals surface area contributed by atoms with Crippen LogP contribution in [0.4, 0.5) is 18.9 Å². The summed E-state index contributed by atoms with van der Waals surface area (Å²) in [5.74, 6) is -1.38. The summed E-state index contributed by atoms with van der Waals surface area (Å²) in [5, 5.41) is 6.56. The molecule has 9 heteroatoms. The van der Waals surface area contributed by atoms with Crippen molar-refractivity contribution in [3.05, 3.63) is 52.9 Å². The van der Waals surface area contributed by atoms with E-state index in [4.69, 9.17) is 4.74 Å². The molecule has 6 nitrogen and oxygen atoms in total. The number of hydrogen-bond acceptors (Lipinski definition) is 4. The first-order valence-electron chi connectivity index (χ1n) is 7.90. The number of carbonyl (C=O) groups is 2. The number of benzene rings is 1. The molecule has 144 valence electrons. The van der Waals surface area contributed by atoms with E-state index in [9.17, 15) is 22.8 Å². The van der Waals surface area contributed by atoms with Crippen LogP contribution in [0.15, 0.2) is 30.3 Å². The maximum Gasteiger partial charge on any atom is 0.416 e. The highest BCUT2D eigenvalue weighted by atomic mass is 19.4. The maximum absolute atomic E-state index is 12.5. The summed E-state index contributed by atoms with van der Waals surface area (Å²) < 4.78 is 43.9. The normalized spacial score (nSPS) is 11.6. The van der Waals surface area contributed by atoms with Crippen molar-refractivity contribution in [2.24, 2.45) is 7.05 Å². The fourth-order valence-corrected chi connectivity index (χ4v) is 2.31. The van der Waals surface area contributed by atoms with Gasteiger partial charge >= 0.3 is 12.1 Å². The van der Waals surface area contributed by atoms with E-state index in [0.717, 1.165) is 41.2 Å². The summed E-state index contributed by atoms with van der Waals surface area (Å²) in [4.78, 5) is 23.5. The number of anilines is 1. The minimum atomic E-state index is -4.45. The summed E-state index contributed by atoms with van der Waals surface area (Å²) in [5.41, 5.74) is 1.75. The predicted octanol–water partition coefficient (Wildman–Crippen LogP) is 3.25. The minimum absolute atomic E-state index is 0.168. The highest BCUT2D eigenvalue weighted by Crippen LogP contribution is 2.29. The first kappa shape index (κ1) is 20.2. The van der Waals surface area contributed by atoms with Gasteiger partial charge in [0, 0.05) is 30.1 Å².